The number of sulfone groups is 1. The molecule has 1 heterocycles. The molecule has 0 saturated carbocycles. The van der Waals surface area contributed by atoms with Gasteiger partial charge in [-0.3, -0.25) is 4.79 Å². The van der Waals surface area contributed by atoms with Crippen molar-refractivity contribution in [1.29, 1.82) is 0 Å². The molecule has 0 aliphatic carbocycles. The fraction of sp³-hybridized carbons (Fsp3) is 0.457. The van der Waals surface area contributed by atoms with Gasteiger partial charge in [0.2, 0.25) is 0 Å². The summed E-state index contributed by atoms with van der Waals surface area (Å²) in [5.41, 5.74) is 4.09. The number of benzene rings is 3. The first kappa shape index (κ1) is 32.6. The summed E-state index contributed by atoms with van der Waals surface area (Å²) in [6.45, 7) is 11.1. The minimum absolute atomic E-state index is 0.0735. The number of nitrogens with zero attached hydrogens (tertiary/aromatic N) is 4. The van der Waals surface area contributed by atoms with Gasteiger partial charge in [0.15, 0.2) is 9.84 Å². The van der Waals surface area contributed by atoms with Gasteiger partial charge >= 0.3 is 0 Å². The molecule has 0 N–H and O–H groups in total. The van der Waals surface area contributed by atoms with Crippen molar-refractivity contribution in [3.05, 3.63) is 89.5 Å². The molecule has 0 spiro atoms. The number of rotatable bonds is 13. The van der Waals surface area contributed by atoms with E-state index in [0.717, 1.165) is 55.8 Å². The molecule has 0 aromatic heterocycles. The number of carbonyl (C=O) groups excluding carboxylic acids is 1. The predicted octanol–water partition coefficient (Wildman–Crippen LogP) is 5.91. The second-order valence-corrected chi connectivity index (χ2v) is 13.6. The molecule has 1 aliphatic heterocycles. The van der Waals surface area contributed by atoms with Crippen molar-refractivity contribution in [3.8, 4) is 0 Å². The summed E-state index contributed by atoms with van der Waals surface area (Å²) in [4.78, 5) is 22.8. The van der Waals surface area contributed by atoms with E-state index < -0.39 is 9.84 Å². The molecule has 232 valence electrons. The molecule has 8 heteroatoms. The van der Waals surface area contributed by atoms with E-state index in [1.165, 1.54) is 5.69 Å². The Morgan fingerprint density at radius 1 is 0.837 bits per heavy atom. The SMILES string of the molecule is CCN(CC)C(=O)c1cc(S(=O)(=O)Cc2ccccc2)c(C2CCN(c3ccccc3)CC2)cc1N(CC)CCN(C)C. The Kier molecular flexibility index (Phi) is 11.3. The van der Waals surface area contributed by atoms with Crippen LogP contribution < -0.4 is 9.80 Å². The lowest BCUT2D eigenvalue weighted by Crippen LogP contribution is -2.36. The van der Waals surface area contributed by atoms with Gasteiger partial charge in [0, 0.05) is 57.2 Å². The van der Waals surface area contributed by atoms with Crippen LogP contribution in [0.3, 0.4) is 0 Å². The van der Waals surface area contributed by atoms with Crippen LogP contribution >= 0.6 is 0 Å². The fourth-order valence-electron chi connectivity index (χ4n) is 6.02. The standard InChI is InChI=1S/C35H48N4O3S/c1-6-37(7-2)35(40)32-26-34(43(41,42)27-28-15-11-9-12-16-28)31(25-33(32)38(8-3)24-23-36(4)5)29-19-21-39(22-20-29)30-17-13-10-14-18-30/h9-18,25-26,29H,6-8,19-24,27H2,1-5H3. The summed E-state index contributed by atoms with van der Waals surface area (Å²) in [5.74, 6) is -0.144. The highest BCUT2D eigenvalue weighted by Gasteiger charge is 2.32. The zero-order valence-corrected chi connectivity index (χ0v) is 27.3. The number of para-hydroxylation sites is 1. The monoisotopic (exact) mass is 604 g/mol. The summed E-state index contributed by atoms with van der Waals surface area (Å²) < 4.78 is 28.5. The molecule has 7 nitrogen and oxygen atoms in total. The topological polar surface area (TPSA) is 64.2 Å². The third-order valence-corrected chi connectivity index (χ3v) is 10.3. The van der Waals surface area contributed by atoms with Crippen molar-refractivity contribution in [2.75, 3.05) is 69.7 Å². The van der Waals surface area contributed by atoms with Gasteiger partial charge in [-0.1, -0.05) is 48.5 Å². The quantitative estimate of drug-likeness (QED) is 0.242. The van der Waals surface area contributed by atoms with E-state index in [0.29, 0.717) is 30.1 Å². The maximum atomic E-state index is 14.2. The van der Waals surface area contributed by atoms with E-state index in [1.54, 1.807) is 11.0 Å². The summed E-state index contributed by atoms with van der Waals surface area (Å²) in [5, 5.41) is 0. The normalized spacial score (nSPS) is 14.2. The molecule has 1 aliphatic rings. The largest absolute Gasteiger partial charge is 0.371 e. The molecule has 0 unspecified atom stereocenters. The lowest BCUT2D eigenvalue weighted by Gasteiger charge is -2.36. The highest BCUT2D eigenvalue weighted by Crippen LogP contribution is 2.39. The molecule has 0 radical (unpaired) electrons. The van der Waals surface area contributed by atoms with Crippen molar-refractivity contribution in [2.45, 2.75) is 50.2 Å². The third kappa shape index (κ3) is 7.98. The second-order valence-electron chi connectivity index (χ2n) is 11.6. The number of likely N-dealkylation sites (N-methyl/N-ethyl adjacent to an activating group) is 2. The molecule has 0 atom stereocenters. The zero-order valence-electron chi connectivity index (χ0n) is 26.5. The average molecular weight is 605 g/mol. The number of piperidine rings is 1. The van der Waals surface area contributed by atoms with Crippen molar-refractivity contribution >= 4 is 27.1 Å². The molecule has 43 heavy (non-hydrogen) atoms. The molecular formula is C35H48N4O3S. The van der Waals surface area contributed by atoms with Gasteiger partial charge in [0.25, 0.3) is 5.91 Å². The second kappa shape index (κ2) is 14.9. The van der Waals surface area contributed by atoms with Gasteiger partial charge in [-0.15, -0.1) is 0 Å². The van der Waals surface area contributed by atoms with Crippen molar-refractivity contribution in [3.63, 3.8) is 0 Å². The first-order valence-corrected chi connectivity index (χ1v) is 17.3. The molecule has 4 rings (SSSR count). The Balaban J connectivity index is 1.84. The van der Waals surface area contributed by atoms with Crippen molar-refractivity contribution in [1.82, 2.24) is 9.80 Å². The Labute approximate surface area is 259 Å². The lowest BCUT2D eigenvalue weighted by atomic mass is 9.87. The summed E-state index contributed by atoms with van der Waals surface area (Å²) in [6.07, 6.45) is 1.69. The van der Waals surface area contributed by atoms with Crippen molar-refractivity contribution < 1.29 is 13.2 Å². The third-order valence-electron chi connectivity index (χ3n) is 8.54. The molecule has 1 saturated heterocycles. The van der Waals surface area contributed by atoms with Gasteiger partial charge in [-0.25, -0.2) is 8.42 Å². The van der Waals surface area contributed by atoms with E-state index in [-0.39, 0.29) is 17.6 Å². The average Bonchev–Trinajstić information content (AvgIpc) is 3.02. The number of hydrogen-bond acceptors (Lipinski definition) is 6. The predicted molar refractivity (Wildman–Crippen MR) is 178 cm³/mol. The molecular weight excluding hydrogens is 556 g/mol. The summed E-state index contributed by atoms with van der Waals surface area (Å²) in [7, 11) is 0.345. The molecule has 1 amide bonds. The summed E-state index contributed by atoms with van der Waals surface area (Å²) in [6, 6.07) is 23.5. The first-order chi connectivity index (χ1) is 20.7. The van der Waals surface area contributed by atoms with Crippen LogP contribution in [0.5, 0.6) is 0 Å². The van der Waals surface area contributed by atoms with E-state index in [4.69, 9.17) is 0 Å². The summed E-state index contributed by atoms with van der Waals surface area (Å²) >= 11 is 0. The van der Waals surface area contributed by atoms with Gasteiger partial charge in [-0.2, -0.15) is 0 Å². The number of carbonyl (C=O) groups is 1. The van der Waals surface area contributed by atoms with Crippen LogP contribution in [0, 0.1) is 0 Å². The van der Waals surface area contributed by atoms with Gasteiger partial charge in [0.1, 0.15) is 0 Å². The zero-order chi connectivity index (χ0) is 31.0. The minimum atomic E-state index is -3.74. The lowest BCUT2D eigenvalue weighted by molar-refractivity contribution is 0.0773. The molecule has 3 aromatic rings. The Morgan fingerprint density at radius 2 is 1.44 bits per heavy atom. The maximum absolute atomic E-state index is 14.2. The molecule has 1 fully saturated rings. The first-order valence-electron chi connectivity index (χ1n) is 15.6. The van der Waals surface area contributed by atoms with E-state index in [9.17, 15) is 13.2 Å². The smallest absolute Gasteiger partial charge is 0.255 e. The van der Waals surface area contributed by atoms with Crippen LogP contribution in [0.1, 0.15) is 61.0 Å². The highest BCUT2D eigenvalue weighted by atomic mass is 32.2. The van der Waals surface area contributed by atoms with Crippen LogP contribution in [0.25, 0.3) is 0 Å². The van der Waals surface area contributed by atoms with E-state index >= 15 is 0 Å². The number of hydrogen-bond donors (Lipinski definition) is 0. The number of anilines is 2. The fourth-order valence-corrected chi connectivity index (χ4v) is 7.68. The van der Waals surface area contributed by atoms with E-state index in [2.05, 4.69) is 52.0 Å². The Morgan fingerprint density at radius 3 is 2.00 bits per heavy atom. The molecule has 3 aromatic carbocycles. The van der Waals surface area contributed by atoms with Gasteiger partial charge in [-0.05, 0) is 89.0 Å². The number of amides is 1. The van der Waals surface area contributed by atoms with Crippen LogP contribution in [-0.4, -0.2) is 84.0 Å². The van der Waals surface area contributed by atoms with Crippen LogP contribution in [0.2, 0.25) is 0 Å². The van der Waals surface area contributed by atoms with Gasteiger partial charge in [0.05, 0.1) is 16.2 Å². The van der Waals surface area contributed by atoms with Crippen LogP contribution in [0.4, 0.5) is 11.4 Å². The van der Waals surface area contributed by atoms with Crippen LogP contribution in [0.15, 0.2) is 77.7 Å². The Bertz CT molecular complexity index is 1430. The van der Waals surface area contributed by atoms with Crippen LogP contribution in [-0.2, 0) is 15.6 Å². The van der Waals surface area contributed by atoms with E-state index in [1.807, 2.05) is 64.3 Å². The minimum Gasteiger partial charge on any atom is -0.371 e. The van der Waals surface area contributed by atoms with Gasteiger partial charge < -0.3 is 19.6 Å². The van der Waals surface area contributed by atoms with Crippen molar-refractivity contribution in [2.24, 2.45) is 0 Å². The maximum Gasteiger partial charge on any atom is 0.255 e. The molecule has 0 bridgehead atoms. The highest BCUT2D eigenvalue weighted by molar-refractivity contribution is 7.90. The Hall–Kier alpha value is -3.36.